The summed E-state index contributed by atoms with van der Waals surface area (Å²) in [6.07, 6.45) is 0.347. The lowest BCUT2D eigenvalue weighted by Gasteiger charge is -2.13. The summed E-state index contributed by atoms with van der Waals surface area (Å²) >= 11 is 0. The first-order chi connectivity index (χ1) is 12.1. The van der Waals surface area contributed by atoms with Crippen LogP contribution in [0.5, 0.6) is 5.75 Å². The molecule has 2 aromatic rings. The quantitative estimate of drug-likeness (QED) is 0.676. The molecule has 0 aliphatic rings. The van der Waals surface area contributed by atoms with E-state index in [-0.39, 0.29) is 13.2 Å². The zero-order valence-electron chi connectivity index (χ0n) is 13.9. The standard InChI is InChI=1S/C19H22N2O4/c20-17(11-12-24-16-9-5-2-6-10-16)19(23)21-13-18(22)25-14-15-7-3-1-4-8-15/h1-10,17H,11-14,20H2,(H,21,23). The van der Waals surface area contributed by atoms with Gasteiger partial charge in [-0.3, -0.25) is 9.59 Å². The van der Waals surface area contributed by atoms with Crippen LogP contribution < -0.4 is 15.8 Å². The third-order valence-electron chi connectivity index (χ3n) is 3.43. The highest BCUT2D eigenvalue weighted by Crippen LogP contribution is 2.08. The molecule has 0 bridgehead atoms. The van der Waals surface area contributed by atoms with E-state index >= 15 is 0 Å². The van der Waals surface area contributed by atoms with Crippen molar-refractivity contribution in [2.45, 2.75) is 19.1 Å². The number of hydrogen-bond donors (Lipinski definition) is 2. The van der Waals surface area contributed by atoms with Crippen molar-refractivity contribution >= 4 is 11.9 Å². The van der Waals surface area contributed by atoms with E-state index in [1.54, 1.807) is 0 Å². The fourth-order valence-electron chi connectivity index (χ4n) is 2.03. The average molecular weight is 342 g/mol. The average Bonchev–Trinajstić information content (AvgIpc) is 2.66. The Bertz CT molecular complexity index is 662. The van der Waals surface area contributed by atoms with Crippen LogP contribution in [0.2, 0.25) is 0 Å². The van der Waals surface area contributed by atoms with Gasteiger partial charge in [0.05, 0.1) is 12.6 Å². The highest BCUT2D eigenvalue weighted by Gasteiger charge is 2.15. The summed E-state index contributed by atoms with van der Waals surface area (Å²) in [5.74, 6) is -0.196. The number of amides is 1. The first-order valence-electron chi connectivity index (χ1n) is 8.06. The van der Waals surface area contributed by atoms with Gasteiger partial charge in [-0.05, 0) is 17.7 Å². The van der Waals surface area contributed by atoms with Gasteiger partial charge in [0.2, 0.25) is 5.91 Å². The van der Waals surface area contributed by atoms with Gasteiger partial charge in [-0.1, -0.05) is 48.5 Å². The lowest BCUT2D eigenvalue weighted by molar-refractivity contribution is -0.145. The Hall–Kier alpha value is -2.86. The molecular weight excluding hydrogens is 320 g/mol. The van der Waals surface area contributed by atoms with Crippen molar-refractivity contribution in [3.8, 4) is 5.75 Å². The highest BCUT2D eigenvalue weighted by molar-refractivity contribution is 5.85. The minimum absolute atomic E-state index is 0.173. The number of esters is 1. The molecule has 2 rings (SSSR count). The Morgan fingerprint density at radius 1 is 1.00 bits per heavy atom. The van der Waals surface area contributed by atoms with Crippen molar-refractivity contribution < 1.29 is 19.1 Å². The molecule has 1 unspecified atom stereocenters. The van der Waals surface area contributed by atoms with Crippen LogP contribution in [-0.2, 0) is 20.9 Å². The predicted molar refractivity (Wildman–Crippen MR) is 93.8 cm³/mol. The van der Waals surface area contributed by atoms with Crippen molar-refractivity contribution in [3.05, 3.63) is 66.2 Å². The van der Waals surface area contributed by atoms with Gasteiger partial charge in [-0.2, -0.15) is 0 Å². The van der Waals surface area contributed by atoms with Crippen LogP contribution in [-0.4, -0.2) is 31.1 Å². The summed E-state index contributed by atoms with van der Waals surface area (Å²) in [6.45, 7) is 0.280. The van der Waals surface area contributed by atoms with E-state index in [9.17, 15) is 9.59 Å². The Morgan fingerprint density at radius 3 is 2.32 bits per heavy atom. The van der Waals surface area contributed by atoms with Crippen LogP contribution in [0.15, 0.2) is 60.7 Å². The van der Waals surface area contributed by atoms with Gasteiger partial charge in [0.1, 0.15) is 18.9 Å². The Kier molecular flexibility index (Phi) is 7.46. The SMILES string of the molecule is NC(CCOc1ccccc1)C(=O)NCC(=O)OCc1ccccc1. The van der Waals surface area contributed by atoms with Gasteiger partial charge >= 0.3 is 5.97 Å². The molecule has 25 heavy (non-hydrogen) atoms. The Labute approximate surface area is 146 Å². The molecule has 0 radical (unpaired) electrons. The number of carbonyl (C=O) groups excluding carboxylic acids is 2. The molecular formula is C19H22N2O4. The smallest absolute Gasteiger partial charge is 0.325 e. The van der Waals surface area contributed by atoms with Crippen molar-refractivity contribution in [1.82, 2.24) is 5.32 Å². The van der Waals surface area contributed by atoms with E-state index < -0.39 is 17.9 Å². The number of rotatable bonds is 9. The van der Waals surface area contributed by atoms with Gasteiger partial charge in [-0.25, -0.2) is 0 Å². The summed E-state index contributed by atoms with van der Waals surface area (Å²) < 4.78 is 10.6. The third-order valence-corrected chi connectivity index (χ3v) is 3.43. The Balaban J connectivity index is 1.61. The van der Waals surface area contributed by atoms with Crippen molar-refractivity contribution in [1.29, 1.82) is 0 Å². The molecule has 3 N–H and O–H groups in total. The van der Waals surface area contributed by atoms with E-state index in [4.69, 9.17) is 15.2 Å². The van der Waals surface area contributed by atoms with Gasteiger partial charge in [-0.15, -0.1) is 0 Å². The Morgan fingerprint density at radius 2 is 1.64 bits per heavy atom. The van der Waals surface area contributed by atoms with Gasteiger partial charge < -0.3 is 20.5 Å². The number of benzene rings is 2. The maximum absolute atomic E-state index is 11.9. The predicted octanol–water partition coefficient (Wildman–Crippen LogP) is 1.64. The molecule has 0 fully saturated rings. The lowest BCUT2D eigenvalue weighted by atomic mass is 10.2. The molecule has 1 atom stereocenters. The molecule has 0 aliphatic heterocycles. The monoisotopic (exact) mass is 342 g/mol. The van der Waals surface area contributed by atoms with Gasteiger partial charge in [0, 0.05) is 6.42 Å². The fraction of sp³-hybridized carbons (Fsp3) is 0.263. The first-order valence-corrected chi connectivity index (χ1v) is 8.06. The maximum Gasteiger partial charge on any atom is 0.325 e. The molecule has 132 valence electrons. The van der Waals surface area contributed by atoms with Crippen LogP contribution in [0.1, 0.15) is 12.0 Å². The second-order valence-electron chi connectivity index (χ2n) is 5.42. The van der Waals surface area contributed by atoms with Gasteiger partial charge in [0.15, 0.2) is 0 Å². The van der Waals surface area contributed by atoms with Crippen LogP contribution >= 0.6 is 0 Å². The molecule has 0 saturated heterocycles. The van der Waals surface area contributed by atoms with Crippen molar-refractivity contribution in [2.75, 3.05) is 13.2 Å². The fourth-order valence-corrected chi connectivity index (χ4v) is 2.03. The van der Waals surface area contributed by atoms with E-state index in [0.717, 1.165) is 11.3 Å². The first kappa shape index (κ1) is 18.5. The lowest BCUT2D eigenvalue weighted by Crippen LogP contribution is -2.43. The molecule has 1 amide bonds. The number of nitrogens with one attached hydrogen (secondary N) is 1. The summed E-state index contributed by atoms with van der Waals surface area (Å²) in [5.41, 5.74) is 6.67. The molecule has 0 aliphatic carbocycles. The number of ether oxygens (including phenoxy) is 2. The second kappa shape index (κ2) is 10.1. The van der Waals surface area contributed by atoms with Crippen LogP contribution in [0.4, 0.5) is 0 Å². The third kappa shape index (κ3) is 7.05. The summed E-state index contributed by atoms with van der Waals surface area (Å²) in [7, 11) is 0. The number of hydrogen-bond acceptors (Lipinski definition) is 5. The molecule has 0 heterocycles. The van der Waals surface area contributed by atoms with E-state index in [2.05, 4.69) is 5.32 Å². The summed E-state index contributed by atoms with van der Waals surface area (Å²) in [4.78, 5) is 23.5. The molecule has 6 nitrogen and oxygen atoms in total. The highest BCUT2D eigenvalue weighted by atomic mass is 16.5. The molecule has 0 aromatic heterocycles. The van der Waals surface area contributed by atoms with Crippen molar-refractivity contribution in [2.24, 2.45) is 5.73 Å². The minimum Gasteiger partial charge on any atom is -0.494 e. The minimum atomic E-state index is -0.745. The van der Waals surface area contributed by atoms with E-state index in [1.165, 1.54) is 0 Å². The maximum atomic E-state index is 11.9. The van der Waals surface area contributed by atoms with Crippen LogP contribution in [0, 0.1) is 0 Å². The molecule has 6 heteroatoms. The molecule has 2 aromatic carbocycles. The summed E-state index contributed by atoms with van der Waals surface area (Å²) in [6, 6.07) is 17.9. The number of nitrogens with two attached hydrogens (primary N) is 1. The zero-order valence-corrected chi connectivity index (χ0v) is 13.9. The molecule has 0 spiro atoms. The van der Waals surface area contributed by atoms with Crippen LogP contribution in [0.3, 0.4) is 0 Å². The van der Waals surface area contributed by atoms with Crippen molar-refractivity contribution in [3.63, 3.8) is 0 Å². The van der Waals surface area contributed by atoms with Gasteiger partial charge in [0.25, 0.3) is 0 Å². The largest absolute Gasteiger partial charge is 0.494 e. The zero-order chi connectivity index (χ0) is 17.9. The second-order valence-corrected chi connectivity index (χ2v) is 5.42. The normalized spacial score (nSPS) is 11.4. The number of para-hydroxylation sites is 1. The number of carbonyl (C=O) groups is 2. The van der Waals surface area contributed by atoms with Crippen LogP contribution in [0.25, 0.3) is 0 Å². The van der Waals surface area contributed by atoms with E-state index in [0.29, 0.717) is 13.0 Å². The topological polar surface area (TPSA) is 90.6 Å². The summed E-state index contributed by atoms with van der Waals surface area (Å²) in [5, 5.41) is 2.47. The van der Waals surface area contributed by atoms with E-state index in [1.807, 2.05) is 60.7 Å². The molecule has 0 saturated carbocycles.